The molecule has 0 fully saturated rings. The van der Waals surface area contributed by atoms with Crippen molar-refractivity contribution in [3.8, 4) is 17.2 Å². The third kappa shape index (κ3) is 5.97. The highest BCUT2D eigenvalue weighted by atomic mass is 32.1. The second-order valence-corrected chi connectivity index (χ2v) is 11.7. The highest BCUT2D eigenvalue weighted by Crippen LogP contribution is 2.46. The lowest BCUT2D eigenvalue weighted by molar-refractivity contribution is -0.117. The molecule has 1 aliphatic rings. The summed E-state index contributed by atoms with van der Waals surface area (Å²) in [5.74, 6) is -1.30. The van der Waals surface area contributed by atoms with E-state index < -0.39 is 29.5 Å². The molecule has 5 rings (SSSR count). The summed E-state index contributed by atoms with van der Waals surface area (Å²) in [7, 11) is 2.98. The Hall–Kier alpha value is -4.84. The lowest BCUT2D eigenvalue weighted by Crippen LogP contribution is -2.31. The van der Waals surface area contributed by atoms with Crippen LogP contribution in [-0.4, -0.2) is 55.2 Å². The maximum atomic E-state index is 14.1. The number of rotatable bonds is 12. The van der Waals surface area contributed by atoms with Crippen molar-refractivity contribution in [2.24, 2.45) is 5.92 Å². The van der Waals surface area contributed by atoms with Gasteiger partial charge in [0.1, 0.15) is 4.88 Å². The number of fused-ring (bicyclic) bond motifs is 1. The molecular weight excluding hydrogens is 600 g/mol. The Morgan fingerprint density at radius 2 is 1.84 bits per heavy atom. The van der Waals surface area contributed by atoms with Crippen LogP contribution in [0.3, 0.4) is 0 Å². The Labute approximate surface area is 264 Å². The number of thiazole rings is 1. The summed E-state index contributed by atoms with van der Waals surface area (Å²) in [4.78, 5) is 46.4. The van der Waals surface area contributed by atoms with Crippen molar-refractivity contribution in [1.29, 1.82) is 0 Å². The molecule has 45 heavy (non-hydrogen) atoms. The van der Waals surface area contributed by atoms with Crippen LogP contribution in [0.2, 0.25) is 0 Å². The van der Waals surface area contributed by atoms with Gasteiger partial charge in [-0.2, -0.15) is 0 Å². The number of aromatic nitrogens is 1. The fourth-order valence-electron chi connectivity index (χ4n) is 5.04. The van der Waals surface area contributed by atoms with E-state index in [9.17, 15) is 19.5 Å². The number of anilines is 1. The Morgan fingerprint density at radius 1 is 1.09 bits per heavy atom. The molecule has 0 aliphatic carbocycles. The maximum Gasteiger partial charge on any atom is 0.350 e. The molecule has 1 aliphatic heterocycles. The zero-order valence-corrected chi connectivity index (χ0v) is 26.6. The molecule has 3 heterocycles. The first-order valence-corrected chi connectivity index (χ1v) is 15.2. The summed E-state index contributed by atoms with van der Waals surface area (Å²) in [5, 5.41) is 12.0. The van der Waals surface area contributed by atoms with Crippen LogP contribution in [0, 0.1) is 12.8 Å². The number of esters is 1. The van der Waals surface area contributed by atoms with Crippen molar-refractivity contribution in [2.75, 3.05) is 32.3 Å². The Bertz CT molecular complexity index is 1800. The van der Waals surface area contributed by atoms with Crippen LogP contribution in [0.4, 0.5) is 5.13 Å². The Kier molecular flexibility index (Phi) is 9.14. The Morgan fingerprint density at radius 3 is 2.53 bits per heavy atom. The van der Waals surface area contributed by atoms with Crippen molar-refractivity contribution < 1.29 is 42.9 Å². The fourth-order valence-corrected chi connectivity index (χ4v) is 6.03. The average Bonchev–Trinajstić information content (AvgIpc) is 3.70. The third-order valence-corrected chi connectivity index (χ3v) is 8.45. The molecule has 1 amide bonds. The predicted octanol–water partition coefficient (Wildman–Crippen LogP) is 6.60. The number of aryl methyl sites for hydroxylation is 1. The van der Waals surface area contributed by atoms with Crippen LogP contribution in [0.15, 0.2) is 58.2 Å². The van der Waals surface area contributed by atoms with E-state index in [1.54, 1.807) is 50.2 Å². The van der Waals surface area contributed by atoms with E-state index in [1.807, 2.05) is 0 Å². The molecule has 0 bridgehead atoms. The van der Waals surface area contributed by atoms with Crippen molar-refractivity contribution >= 4 is 45.1 Å². The molecule has 1 N–H and O–H groups in total. The Balaban J connectivity index is 1.63. The number of ether oxygens (including phenoxy) is 4. The number of furan rings is 1. The largest absolute Gasteiger partial charge is 0.503 e. The van der Waals surface area contributed by atoms with Crippen LogP contribution in [-0.2, 0) is 9.53 Å². The topological polar surface area (TPSA) is 138 Å². The first-order chi connectivity index (χ1) is 21.6. The van der Waals surface area contributed by atoms with Crippen LogP contribution in [0.1, 0.15) is 64.7 Å². The minimum absolute atomic E-state index is 0.0983. The summed E-state index contributed by atoms with van der Waals surface area (Å²) in [6, 6.07) is 10.6. The lowest BCUT2D eigenvalue weighted by Gasteiger charge is -2.25. The molecule has 1 atom stereocenters. The number of aliphatic hydroxyl groups is 1. The second kappa shape index (κ2) is 13.0. The van der Waals surface area contributed by atoms with Crippen molar-refractivity contribution in [3.05, 3.63) is 75.7 Å². The number of hydrogen-bond acceptors (Lipinski definition) is 11. The van der Waals surface area contributed by atoms with Crippen LogP contribution >= 0.6 is 11.3 Å². The minimum Gasteiger partial charge on any atom is -0.503 e. The molecule has 0 saturated carbocycles. The van der Waals surface area contributed by atoms with Gasteiger partial charge in [0, 0.05) is 5.39 Å². The molecule has 2 aromatic heterocycles. The molecule has 0 spiro atoms. The van der Waals surface area contributed by atoms with E-state index in [1.165, 1.54) is 25.2 Å². The van der Waals surface area contributed by atoms with E-state index in [2.05, 4.69) is 18.8 Å². The van der Waals surface area contributed by atoms with Gasteiger partial charge in [-0.15, -0.1) is 0 Å². The average molecular weight is 635 g/mol. The zero-order chi connectivity index (χ0) is 32.4. The molecule has 2 aromatic carbocycles. The zero-order valence-electron chi connectivity index (χ0n) is 25.8. The quantitative estimate of drug-likeness (QED) is 0.134. The molecule has 0 saturated heterocycles. The molecule has 4 aromatic rings. The van der Waals surface area contributed by atoms with Gasteiger partial charge in [-0.25, -0.2) is 9.78 Å². The number of hydrogen-bond donors (Lipinski definition) is 1. The molecule has 0 radical (unpaired) electrons. The number of carbonyl (C=O) groups excluding carboxylic acids is 3. The SMILES string of the molecule is CCOC(=O)c1sc(N2C(=O)C(O)=C(C(=O)c3cc4cccc(OC)c4o3)C2c2ccc(OCCC(C)C)c(OC)c2)nc1C. The molecule has 11 nitrogen and oxygen atoms in total. The normalized spacial score (nSPS) is 14.9. The first kappa shape index (κ1) is 31.6. The highest BCUT2D eigenvalue weighted by Gasteiger charge is 2.47. The van der Waals surface area contributed by atoms with Crippen molar-refractivity contribution in [1.82, 2.24) is 4.98 Å². The van der Waals surface area contributed by atoms with Crippen LogP contribution in [0.25, 0.3) is 11.0 Å². The number of methoxy groups -OCH3 is 2. The van der Waals surface area contributed by atoms with Crippen LogP contribution in [0.5, 0.6) is 17.2 Å². The third-order valence-electron chi connectivity index (χ3n) is 7.31. The number of Topliss-reactive ketones (excluding diaryl/α,β-unsaturated/α-hetero) is 1. The summed E-state index contributed by atoms with van der Waals surface area (Å²) in [5.41, 5.74) is 0.901. The predicted molar refractivity (Wildman–Crippen MR) is 168 cm³/mol. The summed E-state index contributed by atoms with van der Waals surface area (Å²) in [6.07, 6.45) is 0.833. The van der Waals surface area contributed by atoms with Gasteiger partial charge >= 0.3 is 5.97 Å². The standard InChI is InChI=1S/C33H34N2O9S/c1-7-42-32(39)30-18(4)34-33(45-30)35-26(19-11-12-21(23(15-19)41-6)43-14-13-17(2)3)25(28(37)31(35)38)27(36)24-16-20-9-8-10-22(40-5)29(20)44-24/h8-12,15-17,26,37H,7,13-14H2,1-6H3. The van der Waals surface area contributed by atoms with E-state index in [0.717, 1.165) is 17.8 Å². The summed E-state index contributed by atoms with van der Waals surface area (Å²) >= 11 is 0.929. The maximum absolute atomic E-state index is 14.1. The van der Waals surface area contributed by atoms with Gasteiger partial charge in [0.2, 0.25) is 5.78 Å². The van der Waals surface area contributed by atoms with Crippen LogP contribution < -0.4 is 19.1 Å². The van der Waals surface area contributed by atoms with Gasteiger partial charge in [0.25, 0.3) is 5.91 Å². The van der Waals surface area contributed by atoms with Gasteiger partial charge in [-0.3, -0.25) is 14.5 Å². The van der Waals surface area contributed by atoms with Gasteiger partial charge in [0.15, 0.2) is 39.5 Å². The number of aliphatic hydroxyl groups excluding tert-OH is 1. The van der Waals surface area contributed by atoms with Crippen molar-refractivity contribution in [2.45, 2.75) is 40.2 Å². The van der Waals surface area contributed by atoms with Gasteiger partial charge < -0.3 is 28.5 Å². The molecule has 12 heteroatoms. The number of carbonyl (C=O) groups is 3. The monoisotopic (exact) mass is 634 g/mol. The number of nitrogens with zero attached hydrogens (tertiary/aromatic N) is 2. The molecular formula is C33H34N2O9S. The smallest absolute Gasteiger partial charge is 0.350 e. The summed E-state index contributed by atoms with van der Waals surface area (Å²) < 4.78 is 28.0. The van der Waals surface area contributed by atoms with Gasteiger partial charge in [-0.05, 0) is 56.0 Å². The molecule has 1 unspecified atom stereocenters. The first-order valence-electron chi connectivity index (χ1n) is 14.4. The minimum atomic E-state index is -1.15. The summed E-state index contributed by atoms with van der Waals surface area (Å²) in [6.45, 7) is 8.13. The van der Waals surface area contributed by atoms with Crippen molar-refractivity contribution in [3.63, 3.8) is 0 Å². The van der Waals surface area contributed by atoms with E-state index in [0.29, 0.717) is 52.0 Å². The van der Waals surface area contributed by atoms with Gasteiger partial charge in [0.05, 0.1) is 44.7 Å². The number of benzene rings is 2. The number of amides is 1. The molecule has 236 valence electrons. The highest BCUT2D eigenvalue weighted by molar-refractivity contribution is 7.17. The van der Waals surface area contributed by atoms with Gasteiger partial charge in [-0.1, -0.05) is 43.4 Å². The second-order valence-electron chi connectivity index (χ2n) is 10.7. The van der Waals surface area contributed by atoms with E-state index in [4.69, 9.17) is 23.4 Å². The van der Waals surface area contributed by atoms with E-state index >= 15 is 0 Å². The number of para-hydroxylation sites is 1. The lowest BCUT2D eigenvalue weighted by atomic mass is 9.95. The number of ketones is 1. The fraction of sp³-hybridized carbons (Fsp3) is 0.333. The van der Waals surface area contributed by atoms with E-state index in [-0.39, 0.29) is 27.9 Å².